The Balaban J connectivity index is 2.58. The second kappa shape index (κ2) is 6.95. The summed E-state index contributed by atoms with van der Waals surface area (Å²) >= 11 is 0. The highest BCUT2D eigenvalue weighted by molar-refractivity contribution is 5.69. The van der Waals surface area contributed by atoms with E-state index in [1.165, 1.54) is 46.5 Å². The predicted molar refractivity (Wildman–Crippen MR) is 96.2 cm³/mol. The molecule has 0 atom stereocenters. The summed E-state index contributed by atoms with van der Waals surface area (Å²) in [7, 11) is 2.15. The number of rotatable bonds is 6. The van der Waals surface area contributed by atoms with Crippen molar-refractivity contribution in [3.05, 3.63) is 46.8 Å². The molecular formula is C20H28N2. The quantitative estimate of drug-likeness (QED) is 0.711. The van der Waals surface area contributed by atoms with E-state index in [9.17, 15) is 0 Å². The zero-order valence-corrected chi connectivity index (χ0v) is 14.7. The molecule has 0 bridgehead atoms. The summed E-state index contributed by atoms with van der Waals surface area (Å²) in [6, 6.07) is 4.39. The Kier molecular flexibility index (Phi) is 5.23. The second-order valence-corrected chi connectivity index (χ2v) is 6.08. The Morgan fingerprint density at radius 3 is 2.32 bits per heavy atom. The van der Waals surface area contributed by atoms with Crippen LogP contribution in [0.25, 0.3) is 17.5 Å². The van der Waals surface area contributed by atoms with Gasteiger partial charge in [0.25, 0.3) is 0 Å². The van der Waals surface area contributed by atoms with Crippen molar-refractivity contribution in [2.24, 2.45) is 7.05 Å². The molecule has 0 saturated carbocycles. The molecule has 0 radical (unpaired) electrons. The first-order chi connectivity index (χ1) is 10.5. The lowest BCUT2D eigenvalue weighted by atomic mass is 9.98. The van der Waals surface area contributed by atoms with Crippen LogP contribution in [0.4, 0.5) is 0 Å². The number of nitrogens with zero attached hydrogens (tertiary/aromatic N) is 2. The molecule has 0 spiro atoms. The van der Waals surface area contributed by atoms with Gasteiger partial charge >= 0.3 is 0 Å². The normalized spacial score (nSPS) is 11.0. The lowest BCUT2D eigenvalue weighted by molar-refractivity contribution is 0.760. The molecular weight excluding hydrogens is 268 g/mol. The van der Waals surface area contributed by atoms with E-state index in [4.69, 9.17) is 4.98 Å². The molecule has 2 rings (SSSR count). The number of aryl methyl sites for hydroxylation is 3. The minimum Gasteiger partial charge on any atom is -0.331 e. The van der Waals surface area contributed by atoms with Gasteiger partial charge in [0.05, 0.1) is 5.69 Å². The minimum absolute atomic E-state index is 1.03. The van der Waals surface area contributed by atoms with Crippen molar-refractivity contribution in [2.75, 3.05) is 0 Å². The van der Waals surface area contributed by atoms with Gasteiger partial charge in [0, 0.05) is 18.3 Å². The lowest BCUT2D eigenvalue weighted by Crippen LogP contribution is -2.01. The van der Waals surface area contributed by atoms with E-state index in [0.717, 1.165) is 18.7 Å². The van der Waals surface area contributed by atoms with Crippen LogP contribution >= 0.6 is 0 Å². The summed E-state index contributed by atoms with van der Waals surface area (Å²) < 4.78 is 2.29. The third-order valence-electron chi connectivity index (χ3n) is 4.41. The smallest absolute Gasteiger partial charge is 0.140 e. The first-order valence-electron chi connectivity index (χ1n) is 8.31. The fourth-order valence-electron chi connectivity index (χ4n) is 3.27. The van der Waals surface area contributed by atoms with Crippen LogP contribution in [0.2, 0.25) is 0 Å². The number of hydrogen-bond acceptors (Lipinski definition) is 1. The van der Waals surface area contributed by atoms with Crippen molar-refractivity contribution in [2.45, 2.75) is 53.4 Å². The SMILES string of the molecule is C=Cc1cc(C)c(-c2nc(CCCC)c(CC)n2C)c(C)c1. The molecule has 2 heteroatoms. The van der Waals surface area contributed by atoms with Crippen LogP contribution in [-0.2, 0) is 19.9 Å². The van der Waals surface area contributed by atoms with Crippen molar-refractivity contribution in [3.8, 4) is 11.4 Å². The molecule has 118 valence electrons. The van der Waals surface area contributed by atoms with Gasteiger partial charge in [-0.2, -0.15) is 0 Å². The van der Waals surface area contributed by atoms with E-state index < -0.39 is 0 Å². The van der Waals surface area contributed by atoms with Crippen LogP contribution in [0, 0.1) is 13.8 Å². The summed E-state index contributed by atoms with van der Waals surface area (Å²) in [6.07, 6.45) is 6.44. The Morgan fingerprint density at radius 2 is 1.82 bits per heavy atom. The zero-order chi connectivity index (χ0) is 16.3. The second-order valence-electron chi connectivity index (χ2n) is 6.08. The number of aromatic nitrogens is 2. The molecule has 0 aliphatic carbocycles. The van der Waals surface area contributed by atoms with Crippen molar-refractivity contribution < 1.29 is 0 Å². The molecule has 2 aromatic rings. The van der Waals surface area contributed by atoms with Crippen molar-refractivity contribution in [3.63, 3.8) is 0 Å². The maximum absolute atomic E-state index is 5.00. The highest BCUT2D eigenvalue weighted by atomic mass is 15.1. The van der Waals surface area contributed by atoms with Crippen LogP contribution in [0.1, 0.15) is 54.8 Å². The number of unbranched alkanes of at least 4 members (excludes halogenated alkanes) is 1. The van der Waals surface area contributed by atoms with E-state index in [1.54, 1.807) is 0 Å². The third kappa shape index (κ3) is 3.01. The first-order valence-corrected chi connectivity index (χ1v) is 8.31. The monoisotopic (exact) mass is 296 g/mol. The summed E-state index contributed by atoms with van der Waals surface area (Å²) in [6.45, 7) is 12.7. The van der Waals surface area contributed by atoms with Crippen LogP contribution in [0.15, 0.2) is 18.7 Å². The molecule has 1 heterocycles. The molecule has 0 unspecified atom stereocenters. The number of imidazole rings is 1. The molecule has 2 nitrogen and oxygen atoms in total. The largest absolute Gasteiger partial charge is 0.331 e. The topological polar surface area (TPSA) is 17.8 Å². The highest BCUT2D eigenvalue weighted by Crippen LogP contribution is 2.30. The van der Waals surface area contributed by atoms with E-state index in [1.807, 2.05) is 6.08 Å². The van der Waals surface area contributed by atoms with Gasteiger partial charge in [-0.1, -0.05) is 45.1 Å². The van der Waals surface area contributed by atoms with Crippen molar-refractivity contribution in [1.29, 1.82) is 0 Å². The van der Waals surface area contributed by atoms with E-state index in [-0.39, 0.29) is 0 Å². The Morgan fingerprint density at radius 1 is 1.18 bits per heavy atom. The predicted octanol–water partition coefficient (Wildman–Crippen LogP) is 5.25. The van der Waals surface area contributed by atoms with Gasteiger partial charge in [-0.25, -0.2) is 4.98 Å². The fraction of sp³-hybridized carbons (Fsp3) is 0.450. The third-order valence-corrected chi connectivity index (χ3v) is 4.41. The number of hydrogen-bond donors (Lipinski definition) is 0. The molecule has 22 heavy (non-hydrogen) atoms. The maximum Gasteiger partial charge on any atom is 0.140 e. The van der Waals surface area contributed by atoms with Gasteiger partial charge in [-0.15, -0.1) is 0 Å². The first kappa shape index (κ1) is 16.5. The molecule has 0 N–H and O–H groups in total. The van der Waals surface area contributed by atoms with Gasteiger partial charge in [-0.3, -0.25) is 0 Å². The van der Waals surface area contributed by atoms with Gasteiger partial charge in [0.1, 0.15) is 5.82 Å². The van der Waals surface area contributed by atoms with Crippen LogP contribution in [0.3, 0.4) is 0 Å². The molecule has 0 aliphatic heterocycles. The average Bonchev–Trinajstić information content (AvgIpc) is 2.80. The molecule has 0 amide bonds. The fourth-order valence-corrected chi connectivity index (χ4v) is 3.27. The van der Waals surface area contributed by atoms with Crippen LogP contribution in [0.5, 0.6) is 0 Å². The summed E-state index contributed by atoms with van der Waals surface area (Å²) in [5.74, 6) is 1.11. The molecule has 0 aliphatic rings. The van der Waals surface area contributed by atoms with Gasteiger partial charge < -0.3 is 4.57 Å². The maximum atomic E-state index is 5.00. The molecule has 0 fully saturated rings. The Hall–Kier alpha value is -1.83. The van der Waals surface area contributed by atoms with Crippen LogP contribution < -0.4 is 0 Å². The highest BCUT2D eigenvalue weighted by Gasteiger charge is 2.17. The average molecular weight is 296 g/mol. The van der Waals surface area contributed by atoms with E-state index >= 15 is 0 Å². The van der Waals surface area contributed by atoms with Gasteiger partial charge in [-0.05, 0) is 49.8 Å². The minimum atomic E-state index is 1.03. The number of benzene rings is 1. The van der Waals surface area contributed by atoms with E-state index in [0.29, 0.717) is 0 Å². The summed E-state index contributed by atoms with van der Waals surface area (Å²) in [5.41, 5.74) is 7.63. The molecule has 1 aromatic heterocycles. The summed E-state index contributed by atoms with van der Waals surface area (Å²) in [5, 5.41) is 0. The lowest BCUT2D eigenvalue weighted by Gasteiger charge is -2.12. The van der Waals surface area contributed by atoms with Crippen LogP contribution in [-0.4, -0.2) is 9.55 Å². The van der Waals surface area contributed by atoms with Crippen molar-refractivity contribution in [1.82, 2.24) is 9.55 Å². The van der Waals surface area contributed by atoms with Gasteiger partial charge in [0.15, 0.2) is 0 Å². The zero-order valence-electron chi connectivity index (χ0n) is 14.7. The Bertz CT molecular complexity index is 654. The van der Waals surface area contributed by atoms with Crippen molar-refractivity contribution >= 4 is 6.08 Å². The standard InChI is InChI=1S/C20H28N2/c1-7-10-11-17-18(9-3)22(6)20(21-17)19-14(4)12-16(8-2)13-15(19)5/h8,12-13H,2,7,9-11H2,1,3-6H3. The Labute approximate surface area is 134 Å². The molecule has 1 aromatic carbocycles. The molecule has 0 saturated heterocycles. The summed E-state index contributed by atoms with van der Waals surface area (Å²) in [4.78, 5) is 5.00. The van der Waals surface area contributed by atoms with Gasteiger partial charge in [0.2, 0.25) is 0 Å². The van der Waals surface area contributed by atoms with E-state index in [2.05, 4.69) is 58.0 Å².